The lowest BCUT2D eigenvalue weighted by Gasteiger charge is -2.11. The molecule has 64 heavy (non-hydrogen) atoms. The summed E-state index contributed by atoms with van der Waals surface area (Å²) in [7, 11) is 0. The molecule has 0 spiro atoms. The van der Waals surface area contributed by atoms with E-state index in [9.17, 15) is 0 Å². The van der Waals surface area contributed by atoms with E-state index in [4.69, 9.17) is 4.98 Å². The fourth-order valence-corrected chi connectivity index (χ4v) is 10.0. The molecule has 4 heteroatoms. The molecule has 0 aliphatic carbocycles. The fourth-order valence-electron chi connectivity index (χ4n) is 10.0. The van der Waals surface area contributed by atoms with Crippen molar-refractivity contribution in [3.8, 4) is 50.6 Å². The average Bonchev–Trinajstić information content (AvgIpc) is 3.90. The molecule has 0 radical (unpaired) electrons. The highest BCUT2D eigenvalue weighted by atomic mass is 15.0. The molecule has 0 bridgehead atoms. The number of nitrogens with zero attached hydrogens (tertiary/aromatic N) is 4. The van der Waals surface area contributed by atoms with E-state index in [0.717, 1.165) is 55.9 Å². The SMILES string of the molecule is c1ccc(-c2ccc(-c3c[n+](-c4cccc(-c5ccccc5)c4)c4cc(-n5c6ccccc6c6c7c8ccc9ccccc9c8n(-c8ccccc8)c7ccc65)ccc4n3)cc2)cc1. The van der Waals surface area contributed by atoms with Crippen molar-refractivity contribution in [2.75, 3.05) is 0 Å². The first kappa shape index (κ1) is 36.1. The minimum Gasteiger partial charge on any atom is -0.309 e. The molecular formula is C60H39N4+. The number of benzene rings is 10. The lowest BCUT2D eigenvalue weighted by Crippen LogP contribution is -2.32. The molecule has 0 saturated heterocycles. The third-order valence-corrected chi connectivity index (χ3v) is 13.0. The van der Waals surface area contributed by atoms with E-state index in [1.165, 1.54) is 60.0 Å². The maximum absolute atomic E-state index is 5.36. The molecule has 4 nitrogen and oxygen atoms in total. The maximum Gasteiger partial charge on any atom is 0.239 e. The van der Waals surface area contributed by atoms with Crippen LogP contribution in [-0.2, 0) is 0 Å². The Morgan fingerprint density at radius 1 is 0.359 bits per heavy atom. The van der Waals surface area contributed by atoms with E-state index in [1.54, 1.807) is 0 Å². The molecule has 13 rings (SSSR count). The van der Waals surface area contributed by atoms with Gasteiger partial charge >= 0.3 is 0 Å². The predicted molar refractivity (Wildman–Crippen MR) is 266 cm³/mol. The van der Waals surface area contributed by atoms with Crippen molar-refractivity contribution in [3.05, 3.63) is 237 Å². The Labute approximate surface area is 369 Å². The first-order chi connectivity index (χ1) is 31.7. The van der Waals surface area contributed by atoms with Crippen LogP contribution in [0.15, 0.2) is 237 Å². The van der Waals surface area contributed by atoms with Crippen molar-refractivity contribution in [2.45, 2.75) is 0 Å². The average molecular weight is 816 g/mol. The molecule has 10 aromatic carbocycles. The predicted octanol–water partition coefficient (Wildman–Crippen LogP) is 14.9. The van der Waals surface area contributed by atoms with Crippen molar-refractivity contribution in [2.24, 2.45) is 0 Å². The third-order valence-electron chi connectivity index (χ3n) is 13.0. The highest BCUT2D eigenvalue weighted by Crippen LogP contribution is 2.44. The molecule has 0 unspecified atom stereocenters. The standard InChI is InChI=1S/C60H39N4/c1-4-15-40(16-5-1)42-27-29-44(30-28-42)53-39-62(47-23-14-20-45(37-47)41-17-6-2-7-18-41)57-38-48(32-34-52(57)61-53)63-54-26-13-12-25-50(54)58-55(63)35-36-56-59(58)51-33-31-43-19-10-11-24-49(43)60(51)64(56)46-21-8-3-9-22-46/h1-39H/q+1. The number of para-hydroxylation sites is 2. The molecule has 0 aliphatic heterocycles. The van der Waals surface area contributed by atoms with Crippen molar-refractivity contribution in [1.29, 1.82) is 0 Å². The largest absolute Gasteiger partial charge is 0.309 e. The molecule has 0 N–H and O–H groups in total. The van der Waals surface area contributed by atoms with Gasteiger partial charge in [-0.3, -0.25) is 0 Å². The number of hydrogen-bond acceptors (Lipinski definition) is 1. The van der Waals surface area contributed by atoms with Gasteiger partial charge in [0.2, 0.25) is 17.4 Å². The van der Waals surface area contributed by atoms with Gasteiger partial charge in [-0.1, -0.05) is 170 Å². The Bertz CT molecular complexity index is 3920. The summed E-state index contributed by atoms with van der Waals surface area (Å²) in [4.78, 5) is 5.36. The smallest absolute Gasteiger partial charge is 0.239 e. The first-order valence-electron chi connectivity index (χ1n) is 21.9. The summed E-state index contributed by atoms with van der Waals surface area (Å²) in [5.74, 6) is 0. The zero-order valence-corrected chi connectivity index (χ0v) is 34.8. The third kappa shape index (κ3) is 5.70. The highest BCUT2D eigenvalue weighted by Gasteiger charge is 2.24. The van der Waals surface area contributed by atoms with E-state index in [2.05, 4.69) is 250 Å². The molecule has 3 heterocycles. The summed E-state index contributed by atoms with van der Waals surface area (Å²) in [6.07, 6.45) is 2.20. The lowest BCUT2D eigenvalue weighted by atomic mass is 10.0. The monoisotopic (exact) mass is 815 g/mol. The van der Waals surface area contributed by atoms with Gasteiger partial charge in [0.25, 0.3) is 0 Å². The van der Waals surface area contributed by atoms with Crippen molar-refractivity contribution < 1.29 is 4.57 Å². The fraction of sp³-hybridized carbons (Fsp3) is 0. The highest BCUT2D eigenvalue weighted by molar-refractivity contribution is 6.31. The van der Waals surface area contributed by atoms with Crippen LogP contribution in [0.1, 0.15) is 0 Å². The van der Waals surface area contributed by atoms with Crippen LogP contribution in [0.5, 0.6) is 0 Å². The number of hydrogen-bond donors (Lipinski definition) is 0. The van der Waals surface area contributed by atoms with Gasteiger partial charge in [0.15, 0.2) is 0 Å². The van der Waals surface area contributed by atoms with E-state index in [0.29, 0.717) is 0 Å². The molecule has 0 atom stereocenters. The molecular weight excluding hydrogens is 777 g/mol. The summed E-state index contributed by atoms with van der Waals surface area (Å²) in [6, 6.07) is 83.1. The minimum absolute atomic E-state index is 0.909. The second kappa shape index (κ2) is 14.5. The summed E-state index contributed by atoms with van der Waals surface area (Å²) in [5.41, 5.74) is 16.7. The van der Waals surface area contributed by atoms with Crippen molar-refractivity contribution in [1.82, 2.24) is 14.1 Å². The molecule has 0 amide bonds. The number of aromatic nitrogens is 4. The molecule has 3 aromatic heterocycles. The second-order valence-electron chi connectivity index (χ2n) is 16.6. The Kier molecular flexibility index (Phi) is 8.18. The van der Waals surface area contributed by atoms with Gasteiger partial charge in [-0.2, -0.15) is 4.57 Å². The summed E-state index contributed by atoms with van der Waals surface area (Å²) in [5, 5.41) is 7.45. The molecule has 0 aliphatic rings. The zero-order valence-electron chi connectivity index (χ0n) is 34.8. The van der Waals surface area contributed by atoms with Crippen LogP contribution in [0, 0.1) is 0 Å². The van der Waals surface area contributed by atoms with E-state index < -0.39 is 0 Å². The molecule has 298 valence electrons. The van der Waals surface area contributed by atoms with Crippen LogP contribution < -0.4 is 4.57 Å². The topological polar surface area (TPSA) is 26.6 Å². The van der Waals surface area contributed by atoms with E-state index in [-0.39, 0.29) is 0 Å². The van der Waals surface area contributed by atoms with Crippen LogP contribution in [0.3, 0.4) is 0 Å². The lowest BCUT2D eigenvalue weighted by molar-refractivity contribution is -0.567. The van der Waals surface area contributed by atoms with E-state index >= 15 is 0 Å². The van der Waals surface area contributed by atoms with Gasteiger partial charge in [-0.05, 0) is 70.1 Å². The van der Waals surface area contributed by atoms with Gasteiger partial charge < -0.3 is 9.13 Å². The quantitative estimate of drug-likeness (QED) is 0.154. The zero-order chi connectivity index (χ0) is 42.1. The van der Waals surface area contributed by atoms with Crippen LogP contribution >= 0.6 is 0 Å². The van der Waals surface area contributed by atoms with Gasteiger partial charge in [-0.15, -0.1) is 0 Å². The Balaban J connectivity index is 1.06. The molecule has 0 fully saturated rings. The number of rotatable bonds is 6. The summed E-state index contributed by atoms with van der Waals surface area (Å²) in [6.45, 7) is 0. The van der Waals surface area contributed by atoms with Crippen LogP contribution in [0.2, 0.25) is 0 Å². The van der Waals surface area contributed by atoms with Gasteiger partial charge in [-0.25, -0.2) is 4.98 Å². The Hall–Kier alpha value is -8.60. The van der Waals surface area contributed by atoms with Gasteiger partial charge in [0.05, 0.1) is 27.8 Å². The Morgan fingerprint density at radius 3 is 1.75 bits per heavy atom. The maximum atomic E-state index is 5.36. The minimum atomic E-state index is 0.909. The van der Waals surface area contributed by atoms with Crippen LogP contribution in [-0.4, -0.2) is 14.1 Å². The normalized spacial score (nSPS) is 11.8. The number of fused-ring (bicyclic) bond motifs is 10. The molecule has 0 saturated carbocycles. The summed E-state index contributed by atoms with van der Waals surface area (Å²) < 4.78 is 7.22. The second-order valence-corrected chi connectivity index (χ2v) is 16.6. The molecule has 13 aromatic rings. The van der Waals surface area contributed by atoms with Gasteiger partial charge in [0.1, 0.15) is 11.2 Å². The van der Waals surface area contributed by atoms with Gasteiger partial charge in [0, 0.05) is 56.4 Å². The van der Waals surface area contributed by atoms with Crippen molar-refractivity contribution in [3.63, 3.8) is 0 Å². The Morgan fingerprint density at radius 2 is 0.969 bits per heavy atom. The van der Waals surface area contributed by atoms with E-state index in [1.807, 2.05) is 0 Å². The van der Waals surface area contributed by atoms with Crippen LogP contribution in [0.4, 0.5) is 0 Å². The van der Waals surface area contributed by atoms with Crippen LogP contribution in [0.25, 0.3) is 116 Å². The van der Waals surface area contributed by atoms with Crippen molar-refractivity contribution >= 4 is 65.4 Å². The first-order valence-corrected chi connectivity index (χ1v) is 21.9. The summed E-state index contributed by atoms with van der Waals surface area (Å²) >= 11 is 0.